The number of hydrogen-bond donors (Lipinski definition) is 1. The van der Waals surface area contributed by atoms with Crippen LogP contribution in [0.3, 0.4) is 0 Å². The smallest absolute Gasteiger partial charge is 0.257 e. The van der Waals surface area contributed by atoms with Crippen LogP contribution in [0.15, 0.2) is 65.0 Å². The number of carbonyl (C=O) groups is 1. The molecule has 3 aromatic carbocycles. The van der Waals surface area contributed by atoms with Crippen LogP contribution in [-0.4, -0.2) is 16.1 Å². The number of anilines is 1. The van der Waals surface area contributed by atoms with Crippen LogP contribution in [0.25, 0.3) is 10.8 Å². The van der Waals surface area contributed by atoms with Crippen molar-refractivity contribution in [1.29, 1.82) is 0 Å². The SMILES string of the molecule is O=C(Nc1nnc(SCc2ccc(Cl)c(Cl)c2)s1)c1ccc2ccccc2c1. The van der Waals surface area contributed by atoms with E-state index >= 15 is 0 Å². The van der Waals surface area contributed by atoms with Gasteiger partial charge in [-0.25, -0.2) is 0 Å². The highest BCUT2D eigenvalue weighted by atomic mass is 35.5. The predicted molar refractivity (Wildman–Crippen MR) is 118 cm³/mol. The molecule has 0 unspecified atom stereocenters. The molecule has 0 saturated carbocycles. The highest BCUT2D eigenvalue weighted by molar-refractivity contribution is 8.00. The fraction of sp³-hybridized carbons (Fsp3) is 0.0500. The van der Waals surface area contributed by atoms with E-state index in [0.29, 0.717) is 26.5 Å². The van der Waals surface area contributed by atoms with Crippen molar-refractivity contribution < 1.29 is 4.79 Å². The molecule has 0 bridgehead atoms. The molecule has 0 aliphatic carbocycles. The second-order valence-corrected chi connectivity index (χ2v) is 8.94. The summed E-state index contributed by atoms with van der Waals surface area (Å²) in [6.07, 6.45) is 0. The maximum atomic E-state index is 12.5. The van der Waals surface area contributed by atoms with Gasteiger partial charge in [-0.2, -0.15) is 0 Å². The van der Waals surface area contributed by atoms with Crippen LogP contribution >= 0.6 is 46.3 Å². The summed E-state index contributed by atoms with van der Waals surface area (Å²) in [6.45, 7) is 0. The molecule has 140 valence electrons. The second kappa shape index (κ2) is 8.49. The highest BCUT2D eigenvalue weighted by Gasteiger charge is 2.11. The Morgan fingerprint density at radius 2 is 1.79 bits per heavy atom. The molecule has 1 heterocycles. The van der Waals surface area contributed by atoms with Gasteiger partial charge in [0, 0.05) is 11.3 Å². The highest BCUT2D eigenvalue weighted by Crippen LogP contribution is 2.30. The van der Waals surface area contributed by atoms with E-state index in [0.717, 1.165) is 20.7 Å². The van der Waals surface area contributed by atoms with Gasteiger partial charge in [-0.3, -0.25) is 10.1 Å². The number of nitrogens with one attached hydrogen (secondary N) is 1. The van der Waals surface area contributed by atoms with Crippen molar-refractivity contribution in [3.63, 3.8) is 0 Å². The first-order chi connectivity index (χ1) is 13.6. The molecule has 1 amide bonds. The zero-order valence-electron chi connectivity index (χ0n) is 14.4. The molecule has 0 aliphatic rings. The van der Waals surface area contributed by atoms with Crippen LogP contribution in [0.4, 0.5) is 5.13 Å². The zero-order chi connectivity index (χ0) is 19.5. The van der Waals surface area contributed by atoms with Crippen LogP contribution < -0.4 is 5.32 Å². The molecule has 8 heteroatoms. The van der Waals surface area contributed by atoms with E-state index in [1.165, 1.54) is 23.1 Å². The Balaban J connectivity index is 1.40. The Kier molecular flexibility index (Phi) is 5.82. The fourth-order valence-electron chi connectivity index (χ4n) is 2.59. The maximum absolute atomic E-state index is 12.5. The Hall–Kier alpha value is -2.12. The third kappa shape index (κ3) is 4.47. The molecular weight excluding hydrogens is 433 g/mol. The van der Waals surface area contributed by atoms with Gasteiger partial charge in [0.05, 0.1) is 10.0 Å². The number of carbonyl (C=O) groups excluding carboxylic acids is 1. The maximum Gasteiger partial charge on any atom is 0.257 e. The fourth-order valence-corrected chi connectivity index (χ4v) is 4.60. The number of amides is 1. The molecule has 0 aliphatic heterocycles. The molecule has 4 rings (SSSR count). The van der Waals surface area contributed by atoms with Crippen molar-refractivity contribution >= 4 is 68.1 Å². The van der Waals surface area contributed by atoms with E-state index in [9.17, 15) is 4.79 Å². The van der Waals surface area contributed by atoms with Crippen molar-refractivity contribution in [3.8, 4) is 0 Å². The van der Waals surface area contributed by atoms with E-state index in [4.69, 9.17) is 23.2 Å². The standard InChI is InChI=1S/C20H13Cl2N3OS2/c21-16-8-5-12(9-17(16)22)11-27-20-25-24-19(28-20)23-18(26)15-7-6-13-3-1-2-4-14(13)10-15/h1-10H,11H2,(H,23,24,26). The minimum Gasteiger partial charge on any atom is -0.296 e. The summed E-state index contributed by atoms with van der Waals surface area (Å²) in [7, 11) is 0. The number of aromatic nitrogens is 2. The number of rotatable bonds is 5. The van der Waals surface area contributed by atoms with Crippen LogP contribution in [0.2, 0.25) is 10.0 Å². The molecule has 0 fully saturated rings. The van der Waals surface area contributed by atoms with Crippen molar-refractivity contribution in [2.24, 2.45) is 0 Å². The second-order valence-electron chi connectivity index (χ2n) is 5.93. The summed E-state index contributed by atoms with van der Waals surface area (Å²) in [5, 5.41) is 14.6. The number of thioether (sulfide) groups is 1. The third-order valence-electron chi connectivity index (χ3n) is 3.98. The van der Waals surface area contributed by atoms with Crippen LogP contribution in [0.5, 0.6) is 0 Å². The summed E-state index contributed by atoms with van der Waals surface area (Å²) in [5.41, 5.74) is 1.62. The van der Waals surface area contributed by atoms with E-state index in [1.54, 1.807) is 12.1 Å². The van der Waals surface area contributed by atoms with E-state index in [2.05, 4.69) is 15.5 Å². The molecule has 0 saturated heterocycles. The molecule has 0 spiro atoms. The average Bonchev–Trinajstić information content (AvgIpc) is 3.16. The molecule has 4 nitrogen and oxygen atoms in total. The molecule has 4 aromatic rings. The first kappa shape index (κ1) is 19.2. The van der Waals surface area contributed by atoms with Crippen LogP contribution in [-0.2, 0) is 5.75 Å². The first-order valence-electron chi connectivity index (χ1n) is 8.29. The van der Waals surface area contributed by atoms with Crippen molar-refractivity contribution in [3.05, 3.63) is 81.8 Å². The van der Waals surface area contributed by atoms with E-state index < -0.39 is 0 Å². The zero-order valence-corrected chi connectivity index (χ0v) is 17.5. The summed E-state index contributed by atoms with van der Waals surface area (Å²) in [6, 6.07) is 19.0. The van der Waals surface area contributed by atoms with Gasteiger partial charge >= 0.3 is 0 Å². The number of halogens is 2. The monoisotopic (exact) mass is 445 g/mol. The predicted octanol–water partition coefficient (Wildman–Crippen LogP) is 6.54. The number of fused-ring (bicyclic) bond motifs is 1. The number of benzene rings is 3. The van der Waals surface area contributed by atoms with Gasteiger partial charge in [0.1, 0.15) is 0 Å². The Morgan fingerprint density at radius 1 is 0.964 bits per heavy atom. The molecule has 1 aromatic heterocycles. The van der Waals surface area contributed by atoms with Gasteiger partial charge in [-0.15, -0.1) is 10.2 Å². The lowest BCUT2D eigenvalue weighted by molar-refractivity contribution is 0.102. The lowest BCUT2D eigenvalue weighted by atomic mass is 10.1. The van der Waals surface area contributed by atoms with Gasteiger partial charge in [-0.1, -0.05) is 82.7 Å². The lowest BCUT2D eigenvalue weighted by Crippen LogP contribution is -2.11. The van der Waals surface area contributed by atoms with Gasteiger partial charge in [0.25, 0.3) is 5.91 Å². The molecule has 0 atom stereocenters. The Labute approximate surface area is 179 Å². The van der Waals surface area contributed by atoms with E-state index in [1.807, 2.05) is 48.5 Å². The van der Waals surface area contributed by atoms with Gasteiger partial charge in [0.2, 0.25) is 5.13 Å². The van der Waals surface area contributed by atoms with Crippen LogP contribution in [0, 0.1) is 0 Å². The summed E-state index contributed by atoms with van der Waals surface area (Å²) in [4.78, 5) is 12.5. The Bertz CT molecular complexity index is 1160. The van der Waals surface area contributed by atoms with Crippen molar-refractivity contribution in [2.45, 2.75) is 10.1 Å². The topological polar surface area (TPSA) is 54.9 Å². The normalized spacial score (nSPS) is 10.9. The molecule has 28 heavy (non-hydrogen) atoms. The summed E-state index contributed by atoms with van der Waals surface area (Å²) in [5.74, 6) is 0.479. The van der Waals surface area contributed by atoms with E-state index in [-0.39, 0.29) is 5.91 Å². The lowest BCUT2D eigenvalue weighted by Gasteiger charge is -2.03. The van der Waals surface area contributed by atoms with Crippen molar-refractivity contribution in [2.75, 3.05) is 5.32 Å². The van der Waals surface area contributed by atoms with Gasteiger partial charge < -0.3 is 0 Å². The van der Waals surface area contributed by atoms with Crippen molar-refractivity contribution in [1.82, 2.24) is 10.2 Å². The first-order valence-corrected chi connectivity index (χ1v) is 10.8. The minimum atomic E-state index is -0.206. The third-order valence-corrected chi connectivity index (χ3v) is 6.77. The largest absolute Gasteiger partial charge is 0.296 e. The summed E-state index contributed by atoms with van der Waals surface area (Å²) < 4.78 is 0.764. The molecule has 0 radical (unpaired) electrons. The minimum absolute atomic E-state index is 0.206. The van der Waals surface area contributed by atoms with Gasteiger partial charge in [-0.05, 0) is 40.6 Å². The number of hydrogen-bond acceptors (Lipinski definition) is 5. The van der Waals surface area contributed by atoms with Gasteiger partial charge in [0.15, 0.2) is 4.34 Å². The molecule has 1 N–H and O–H groups in total. The molecular formula is C20H13Cl2N3OS2. The van der Waals surface area contributed by atoms with Crippen LogP contribution in [0.1, 0.15) is 15.9 Å². The Morgan fingerprint density at radius 3 is 2.61 bits per heavy atom. The average molecular weight is 446 g/mol. The summed E-state index contributed by atoms with van der Waals surface area (Å²) >= 11 is 14.8. The number of nitrogens with zero attached hydrogens (tertiary/aromatic N) is 2. The quantitative estimate of drug-likeness (QED) is 0.279.